The van der Waals surface area contributed by atoms with E-state index in [2.05, 4.69) is 20.8 Å². The molecule has 21 heavy (non-hydrogen) atoms. The minimum atomic E-state index is 0.304. The van der Waals surface area contributed by atoms with Gasteiger partial charge in [0.1, 0.15) is 5.75 Å². The average molecular weight is 289 g/mol. The van der Waals surface area contributed by atoms with E-state index < -0.39 is 0 Å². The summed E-state index contributed by atoms with van der Waals surface area (Å²) in [6.07, 6.45) is 4.19. The first-order valence-electron chi connectivity index (χ1n) is 7.92. The highest BCUT2D eigenvalue weighted by Crippen LogP contribution is 2.66. The van der Waals surface area contributed by atoms with Gasteiger partial charge in [0, 0.05) is 17.3 Å². The molecule has 0 amide bonds. The Labute approximate surface area is 127 Å². The SMILES string of the molecule is COc1cc(N)ccc1COC1CC2CCC1(C)C2(C)C. The molecule has 0 saturated heterocycles. The second-order valence-electron chi connectivity index (χ2n) is 7.48. The predicted octanol–water partition coefficient (Wildman–Crippen LogP) is 4.01. The van der Waals surface area contributed by atoms with Crippen LogP contribution >= 0.6 is 0 Å². The van der Waals surface area contributed by atoms with Gasteiger partial charge < -0.3 is 15.2 Å². The molecule has 0 aromatic heterocycles. The number of hydrogen-bond donors (Lipinski definition) is 1. The third kappa shape index (κ3) is 2.13. The Bertz CT molecular complexity index is 540. The van der Waals surface area contributed by atoms with E-state index in [4.69, 9.17) is 15.2 Å². The molecule has 1 aromatic rings. The maximum Gasteiger partial charge on any atom is 0.126 e. The minimum Gasteiger partial charge on any atom is -0.496 e. The molecule has 2 N–H and O–H groups in total. The van der Waals surface area contributed by atoms with Crippen LogP contribution in [0.15, 0.2) is 18.2 Å². The summed E-state index contributed by atoms with van der Waals surface area (Å²) in [6, 6.07) is 5.79. The Morgan fingerprint density at radius 2 is 2.05 bits per heavy atom. The molecule has 2 aliphatic carbocycles. The van der Waals surface area contributed by atoms with E-state index in [1.54, 1.807) is 7.11 Å². The monoisotopic (exact) mass is 289 g/mol. The predicted molar refractivity (Wildman–Crippen MR) is 85.2 cm³/mol. The van der Waals surface area contributed by atoms with E-state index in [1.165, 1.54) is 19.3 Å². The Kier molecular flexibility index (Phi) is 3.44. The number of benzene rings is 1. The molecule has 0 aliphatic heterocycles. The van der Waals surface area contributed by atoms with E-state index in [1.807, 2.05) is 18.2 Å². The zero-order valence-electron chi connectivity index (χ0n) is 13.6. The first kappa shape index (κ1) is 14.7. The number of nitrogens with two attached hydrogens (primary N) is 1. The molecule has 0 spiro atoms. The molecular formula is C18H27NO2. The van der Waals surface area contributed by atoms with Crippen molar-refractivity contribution in [2.45, 2.75) is 52.7 Å². The molecule has 1 aromatic carbocycles. The summed E-state index contributed by atoms with van der Waals surface area (Å²) in [5.74, 6) is 1.63. The topological polar surface area (TPSA) is 44.5 Å². The van der Waals surface area contributed by atoms with Crippen molar-refractivity contribution in [3.63, 3.8) is 0 Å². The molecule has 0 heterocycles. The van der Waals surface area contributed by atoms with Crippen LogP contribution < -0.4 is 10.5 Å². The molecule has 2 aliphatic rings. The fraction of sp³-hybridized carbons (Fsp3) is 0.667. The quantitative estimate of drug-likeness (QED) is 0.852. The number of ether oxygens (including phenoxy) is 2. The smallest absolute Gasteiger partial charge is 0.126 e. The summed E-state index contributed by atoms with van der Waals surface area (Å²) >= 11 is 0. The van der Waals surface area contributed by atoms with Gasteiger partial charge in [-0.25, -0.2) is 0 Å². The lowest BCUT2D eigenvalue weighted by atomic mass is 9.70. The molecule has 3 heteroatoms. The summed E-state index contributed by atoms with van der Waals surface area (Å²) in [6.45, 7) is 7.84. The fourth-order valence-corrected chi connectivity index (χ4v) is 4.45. The van der Waals surface area contributed by atoms with E-state index >= 15 is 0 Å². The van der Waals surface area contributed by atoms with Crippen LogP contribution in [0.25, 0.3) is 0 Å². The Morgan fingerprint density at radius 1 is 1.29 bits per heavy atom. The second kappa shape index (κ2) is 4.91. The van der Waals surface area contributed by atoms with Crippen molar-refractivity contribution in [1.82, 2.24) is 0 Å². The zero-order chi connectivity index (χ0) is 15.3. The highest BCUT2D eigenvalue weighted by Gasteiger charge is 2.61. The van der Waals surface area contributed by atoms with E-state index in [0.717, 1.165) is 22.9 Å². The lowest BCUT2D eigenvalue weighted by molar-refractivity contribution is -0.0554. The first-order valence-corrected chi connectivity index (χ1v) is 7.92. The molecule has 2 fully saturated rings. The van der Waals surface area contributed by atoms with Crippen LogP contribution in [-0.2, 0) is 11.3 Å². The van der Waals surface area contributed by atoms with E-state index in [0.29, 0.717) is 23.5 Å². The van der Waals surface area contributed by atoms with Crippen LogP contribution in [0.1, 0.15) is 45.6 Å². The normalized spacial score (nSPS) is 33.3. The summed E-state index contributed by atoms with van der Waals surface area (Å²) in [7, 11) is 1.68. The van der Waals surface area contributed by atoms with Crippen molar-refractivity contribution in [2.75, 3.05) is 12.8 Å². The van der Waals surface area contributed by atoms with Gasteiger partial charge in [-0.05, 0) is 42.1 Å². The maximum absolute atomic E-state index is 6.32. The molecule has 0 radical (unpaired) electrons. The van der Waals surface area contributed by atoms with Gasteiger partial charge >= 0.3 is 0 Å². The van der Waals surface area contributed by atoms with Crippen LogP contribution in [0.3, 0.4) is 0 Å². The molecule has 116 valence electrons. The maximum atomic E-state index is 6.32. The molecule has 2 saturated carbocycles. The van der Waals surface area contributed by atoms with Gasteiger partial charge in [0.25, 0.3) is 0 Å². The number of fused-ring (bicyclic) bond motifs is 2. The highest BCUT2D eigenvalue weighted by atomic mass is 16.5. The Morgan fingerprint density at radius 3 is 2.62 bits per heavy atom. The number of rotatable bonds is 4. The van der Waals surface area contributed by atoms with Crippen molar-refractivity contribution in [3.05, 3.63) is 23.8 Å². The van der Waals surface area contributed by atoms with E-state index in [-0.39, 0.29) is 0 Å². The molecule has 2 bridgehead atoms. The van der Waals surface area contributed by atoms with E-state index in [9.17, 15) is 0 Å². The van der Waals surface area contributed by atoms with Crippen LogP contribution in [0.4, 0.5) is 5.69 Å². The standard InChI is InChI=1S/C18H27NO2/c1-17(2)13-7-8-18(17,3)16(9-13)21-11-12-5-6-14(19)10-15(12)20-4/h5-6,10,13,16H,7-9,11,19H2,1-4H3. The molecule has 3 unspecified atom stereocenters. The Balaban J connectivity index is 1.72. The number of hydrogen-bond acceptors (Lipinski definition) is 3. The zero-order valence-corrected chi connectivity index (χ0v) is 13.6. The van der Waals surface area contributed by atoms with Gasteiger partial charge in [-0.15, -0.1) is 0 Å². The van der Waals surface area contributed by atoms with Crippen molar-refractivity contribution < 1.29 is 9.47 Å². The highest BCUT2D eigenvalue weighted by molar-refractivity contribution is 5.48. The van der Waals surface area contributed by atoms with Gasteiger partial charge in [-0.2, -0.15) is 0 Å². The summed E-state index contributed by atoms with van der Waals surface area (Å²) in [5.41, 5.74) is 8.31. The van der Waals surface area contributed by atoms with Crippen LogP contribution in [-0.4, -0.2) is 13.2 Å². The van der Waals surface area contributed by atoms with Gasteiger partial charge in [0.2, 0.25) is 0 Å². The number of methoxy groups -OCH3 is 1. The molecular weight excluding hydrogens is 262 g/mol. The van der Waals surface area contributed by atoms with Gasteiger partial charge in [-0.3, -0.25) is 0 Å². The number of anilines is 1. The van der Waals surface area contributed by atoms with Crippen molar-refractivity contribution in [3.8, 4) is 5.75 Å². The number of nitrogen functional groups attached to an aromatic ring is 1. The van der Waals surface area contributed by atoms with Crippen LogP contribution in [0, 0.1) is 16.7 Å². The van der Waals surface area contributed by atoms with Crippen LogP contribution in [0.5, 0.6) is 5.75 Å². The molecule has 3 nitrogen and oxygen atoms in total. The van der Waals surface area contributed by atoms with Crippen molar-refractivity contribution in [1.29, 1.82) is 0 Å². The van der Waals surface area contributed by atoms with Crippen LogP contribution in [0.2, 0.25) is 0 Å². The third-order valence-electron chi connectivity index (χ3n) is 6.47. The molecule has 3 rings (SSSR count). The second-order valence-corrected chi connectivity index (χ2v) is 7.48. The lowest BCUT2D eigenvalue weighted by Gasteiger charge is -2.39. The van der Waals surface area contributed by atoms with Gasteiger partial charge in [0.15, 0.2) is 0 Å². The lowest BCUT2D eigenvalue weighted by Crippen LogP contribution is -2.37. The largest absolute Gasteiger partial charge is 0.496 e. The Hall–Kier alpha value is -1.22. The summed E-state index contributed by atoms with van der Waals surface area (Å²) < 4.78 is 11.7. The van der Waals surface area contributed by atoms with Crippen molar-refractivity contribution in [2.24, 2.45) is 16.7 Å². The third-order valence-corrected chi connectivity index (χ3v) is 6.47. The molecule has 3 atom stereocenters. The summed E-state index contributed by atoms with van der Waals surface area (Å²) in [5, 5.41) is 0. The fourth-order valence-electron chi connectivity index (χ4n) is 4.45. The van der Waals surface area contributed by atoms with Gasteiger partial charge in [-0.1, -0.05) is 26.8 Å². The average Bonchev–Trinajstić information content (AvgIpc) is 2.78. The summed E-state index contributed by atoms with van der Waals surface area (Å²) in [4.78, 5) is 0. The first-order chi connectivity index (χ1) is 9.88. The van der Waals surface area contributed by atoms with Gasteiger partial charge in [0.05, 0.1) is 19.8 Å². The van der Waals surface area contributed by atoms with Crippen molar-refractivity contribution >= 4 is 5.69 Å². The minimum absolute atomic E-state index is 0.304.